The van der Waals surface area contributed by atoms with Crippen LogP contribution in [0.3, 0.4) is 0 Å². The summed E-state index contributed by atoms with van der Waals surface area (Å²) < 4.78 is 10.7. The van der Waals surface area contributed by atoms with Gasteiger partial charge in [-0.1, -0.05) is 0 Å². The predicted octanol–water partition coefficient (Wildman–Crippen LogP) is 0.447. The van der Waals surface area contributed by atoms with Crippen LogP contribution in [0.4, 0.5) is 0 Å². The number of amides is 1. The molecule has 0 spiro atoms. The molecule has 0 bridgehead atoms. The Kier molecular flexibility index (Phi) is 4.78. The van der Waals surface area contributed by atoms with E-state index in [1.165, 1.54) is 0 Å². The molecule has 0 aromatic heterocycles. The number of primary amides is 1. The Morgan fingerprint density at radius 2 is 2.15 bits per heavy atom. The van der Waals surface area contributed by atoms with Crippen molar-refractivity contribution in [3.8, 4) is 0 Å². The lowest BCUT2D eigenvalue weighted by atomic mass is 10.1. The van der Waals surface area contributed by atoms with Crippen LogP contribution < -0.4 is 5.73 Å². The highest BCUT2D eigenvalue weighted by molar-refractivity contribution is 5.73. The molecule has 1 fully saturated rings. The fourth-order valence-corrected chi connectivity index (χ4v) is 1.34. The van der Waals surface area contributed by atoms with Gasteiger partial charge in [-0.05, 0) is 19.3 Å². The molecule has 1 rings (SSSR count). The van der Waals surface area contributed by atoms with Crippen LogP contribution in [0.5, 0.6) is 0 Å². The zero-order chi connectivity index (χ0) is 9.52. The predicted molar refractivity (Wildman–Crippen MR) is 48.2 cm³/mol. The van der Waals surface area contributed by atoms with Crippen LogP contribution in [0.25, 0.3) is 0 Å². The molecule has 1 saturated heterocycles. The quantitative estimate of drug-likeness (QED) is 0.635. The van der Waals surface area contributed by atoms with Crippen molar-refractivity contribution < 1.29 is 14.3 Å². The van der Waals surface area contributed by atoms with Gasteiger partial charge < -0.3 is 15.2 Å². The molecule has 76 valence electrons. The third kappa shape index (κ3) is 4.85. The highest BCUT2D eigenvalue weighted by atomic mass is 16.5. The normalized spacial score (nSPS) is 18.8. The lowest BCUT2D eigenvalue weighted by Crippen LogP contribution is -2.24. The van der Waals surface area contributed by atoms with Gasteiger partial charge in [0.25, 0.3) is 0 Å². The van der Waals surface area contributed by atoms with E-state index in [0.29, 0.717) is 19.1 Å². The molecule has 0 saturated carbocycles. The largest absolute Gasteiger partial charge is 0.381 e. The third-order valence-corrected chi connectivity index (χ3v) is 2.09. The summed E-state index contributed by atoms with van der Waals surface area (Å²) in [7, 11) is 0. The van der Waals surface area contributed by atoms with Gasteiger partial charge in [0.15, 0.2) is 0 Å². The van der Waals surface area contributed by atoms with E-state index in [-0.39, 0.29) is 5.91 Å². The van der Waals surface area contributed by atoms with Crippen molar-refractivity contribution in [2.75, 3.05) is 19.8 Å². The molecule has 4 nitrogen and oxygen atoms in total. The average molecular weight is 187 g/mol. The minimum absolute atomic E-state index is 0.254. The molecule has 0 aromatic carbocycles. The van der Waals surface area contributed by atoms with Crippen LogP contribution in [0.2, 0.25) is 0 Å². The second-order valence-electron chi connectivity index (χ2n) is 3.25. The zero-order valence-electron chi connectivity index (χ0n) is 7.83. The number of ether oxygens (including phenoxy) is 2. The van der Waals surface area contributed by atoms with Crippen LogP contribution in [0.15, 0.2) is 0 Å². The molecular formula is C9H17NO3. The monoisotopic (exact) mass is 187 g/mol. The number of hydrogen-bond donors (Lipinski definition) is 1. The number of hydrogen-bond acceptors (Lipinski definition) is 3. The van der Waals surface area contributed by atoms with Gasteiger partial charge in [-0.3, -0.25) is 4.79 Å². The standard InChI is InChI=1S/C9H17NO3/c10-9(11)2-1-5-13-8-3-6-12-7-4-8/h8H,1-7H2,(H2,10,11). The van der Waals surface area contributed by atoms with Crippen molar-refractivity contribution in [3.05, 3.63) is 0 Å². The van der Waals surface area contributed by atoms with Gasteiger partial charge in [0.05, 0.1) is 6.10 Å². The maximum atomic E-state index is 10.4. The van der Waals surface area contributed by atoms with E-state index in [0.717, 1.165) is 32.5 Å². The van der Waals surface area contributed by atoms with E-state index in [1.807, 2.05) is 0 Å². The first-order valence-corrected chi connectivity index (χ1v) is 4.76. The van der Waals surface area contributed by atoms with Crippen molar-refractivity contribution in [3.63, 3.8) is 0 Å². The number of nitrogens with two attached hydrogens (primary N) is 1. The maximum Gasteiger partial charge on any atom is 0.217 e. The van der Waals surface area contributed by atoms with Crippen molar-refractivity contribution in [1.82, 2.24) is 0 Å². The first-order valence-electron chi connectivity index (χ1n) is 4.76. The molecule has 0 atom stereocenters. The summed E-state index contributed by atoms with van der Waals surface area (Å²) in [5.74, 6) is -0.254. The lowest BCUT2D eigenvalue weighted by molar-refractivity contribution is -0.118. The van der Waals surface area contributed by atoms with Crippen LogP contribution in [-0.2, 0) is 14.3 Å². The molecule has 1 amide bonds. The van der Waals surface area contributed by atoms with E-state index in [4.69, 9.17) is 15.2 Å². The molecule has 0 aromatic rings. The van der Waals surface area contributed by atoms with Gasteiger partial charge in [-0.2, -0.15) is 0 Å². The van der Waals surface area contributed by atoms with Crippen LogP contribution >= 0.6 is 0 Å². The molecular weight excluding hydrogens is 170 g/mol. The fourth-order valence-electron chi connectivity index (χ4n) is 1.34. The van der Waals surface area contributed by atoms with Crippen molar-refractivity contribution in [1.29, 1.82) is 0 Å². The summed E-state index contributed by atoms with van der Waals surface area (Å²) in [6.07, 6.45) is 3.41. The summed E-state index contributed by atoms with van der Waals surface area (Å²) in [6.45, 7) is 2.22. The first-order chi connectivity index (χ1) is 6.29. The summed E-state index contributed by atoms with van der Waals surface area (Å²) in [5, 5.41) is 0. The Bertz CT molecular complexity index is 155. The summed E-state index contributed by atoms with van der Waals surface area (Å²) in [5.41, 5.74) is 5.00. The van der Waals surface area contributed by atoms with E-state index < -0.39 is 0 Å². The van der Waals surface area contributed by atoms with E-state index in [1.54, 1.807) is 0 Å². The van der Waals surface area contributed by atoms with Gasteiger partial charge in [-0.25, -0.2) is 0 Å². The van der Waals surface area contributed by atoms with Gasteiger partial charge in [-0.15, -0.1) is 0 Å². The molecule has 4 heteroatoms. The Morgan fingerprint density at radius 1 is 1.46 bits per heavy atom. The Hall–Kier alpha value is -0.610. The van der Waals surface area contributed by atoms with Gasteiger partial charge >= 0.3 is 0 Å². The Labute approximate surface area is 78.4 Å². The smallest absolute Gasteiger partial charge is 0.217 e. The highest BCUT2D eigenvalue weighted by Gasteiger charge is 2.13. The van der Waals surface area contributed by atoms with Crippen LogP contribution in [0.1, 0.15) is 25.7 Å². The summed E-state index contributed by atoms with van der Waals surface area (Å²) in [6, 6.07) is 0. The fraction of sp³-hybridized carbons (Fsp3) is 0.889. The number of rotatable bonds is 5. The SMILES string of the molecule is NC(=O)CCCOC1CCOCC1. The molecule has 2 N–H and O–H groups in total. The molecule has 0 unspecified atom stereocenters. The second kappa shape index (κ2) is 5.94. The summed E-state index contributed by atoms with van der Waals surface area (Å²) >= 11 is 0. The highest BCUT2D eigenvalue weighted by Crippen LogP contribution is 2.10. The molecule has 0 aliphatic carbocycles. The number of carbonyl (C=O) groups excluding carboxylic acids is 1. The third-order valence-electron chi connectivity index (χ3n) is 2.09. The van der Waals surface area contributed by atoms with Crippen molar-refractivity contribution in [2.24, 2.45) is 5.73 Å². The van der Waals surface area contributed by atoms with E-state index >= 15 is 0 Å². The average Bonchev–Trinajstić information content (AvgIpc) is 2.14. The first kappa shape index (κ1) is 10.5. The Balaban J connectivity index is 1.95. The second-order valence-corrected chi connectivity index (χ2v) is 3.25. The lowest BCUT2D eigenvalue weighted by Gasteiger charge is -2.22. The Morgan fingerprint density at radius 3 is 2.77 bits per heavy atom. The summed E-state index contributed by atoms with van der Waals surface area (Å²) in [4.78, 5) is 10.4. The molecule has 0 radical (unpaired) electrons. The van der Waals surface area contributed by atoms with Gasteiger partial charge in [0.2, 0.25) is 5.91 Å². The van der Waals surface area contributed by atoms with Crippen LogP contribution in [-0.4, -0.2) is 31.8 Å². The molecule has 1 aliphatic rings. The van der Waals surface area contributed by atoms with E-state index in [2.05, 4.69) is 0 Å². The van der Waals surface area contributed by atoms with Crippen molar-refractivity contribution in [2.45, 2.75) is 31.8 Å². The van der Waals surface area contributed by atoms with E-state index in [9.17, 15) is 4.79 Å². The zero-order valence-corrected chi connectivity index (χ0v) is 7.83. The minimum Gasteiger partial charge on any atom is -0.381 e. The molecule has 13 heavy (non-hydrogen) atoms. The van der Waals surface area contributed by atoms with Gasteiger partial charge in [0.1, 0.15) is 0 Å². The minimum atomic E-state index is -0.254. The van der Waals surface area contributed by atoms with Crippen molar-refractivity contribution >= 4 is 5.91 Å². The molecule has 1 aliphatic heterocycles. The topological polar surface area (TPSA) is 61.6 Å². The molecule has 1 heterocycles. The van der Waals surface area contributed by atoms with Crippen LogP contribution in [0, 0.1) is 0 Å². The van der Waals surface area contributed by atoms with Gasteiger partial charge in [0, 0.05) is 26.2 Å². The maximum absolute atomic E-state index is 10.4. The number of carbonyl (C=O) groups is 1.